The molecule has 0 bridgehead atoms. The molecule has 100 valence electrons. The molecule has 0 saturated carbocycles. The van der Waals surface area contributed by atoms with Gasteiger partial charge in [0, 0.05) is 23.5 Å². The van der Waals surface area contributed by atoms with E-state index in [4.69, 9.17) is 10.3 Å². The van der Waals surface area contributed by atoms with Crippen LogP contribution in [0.3, 0.4) is 0 Å². The number of halogens is 1. The van der Waals surface area contributed by atoms with Crippen LogP contribution in [0.5, 0.6) is 0 Å². The van der Waals surface area contributed by atoms with Crippen molar-refractivity contribution >= 4 is 5.82 Å². The fourth-order valence-corrected chi connectivity index (χ4v) is 2.08. The molecule has 3 aromatic rings. The van der Waals surface area contributed by atoms with Gasteiger partial charge in [-0.1, -0.05) is 11.2 Å². The van der Waals surface area contributed by atoms with Crippen LogP contribution in [-0.2, 0) is 0 Å². The van der Waals surface area contributed by atoms with Crippen LogP contribution < -0.4 is 5.73 Å². The Kier molecular flexibility index (Phi) is 2.95. The van der Waals surface area contributed by atoms with Crippen molar-refractivity contribution in [2.45, 2.75) is 6.92 Å². The van der Waals surface area contributed by atoms with E-state index in [1.165, 1.54) is 6.07 Å². The van der Waals surface area contributed by atoms with Crippen molar-refractivity contribution in [3.8, 4) is 22.5 Å². The average molecular weight is 269 g/mol. The monoisotopic (exact) mass is 269 g/mol. The summed E-state index contributed by atoms with van der Waals surface area (Å²) >= 11 is 0. The van der Waals surface area contributed by atoms with Gasteiger partial charge in [-0.2, -0.15) is 0 Å². The third-order valence-electron chi connectivity index (χ3n) is 3.09. The number of nitrogens with zero attached hydrogens (tertiary/aromatic N) is 2. The van der Waals surface area contributed by atoms with Crippen LogP contribution in [0.25, 0.3) is 22.5 Å². The second kappa shape index (κ2) is 4.77. The maximum absolute atomic E-state index is 13.4. The van der Waals surface area contributed by atoms with Gasteiger partial charge < -0.3 is 10.3 Å². The lowest BCUT2D eigenvalue weighted by atomic mass is 10.0. The molecule has 0 aliphatic heterocycles. The minimum Gasteiger partial charge on any atom is -0.380 e. The van der Waals surface area contributed by atoms with E-state index < -0.39 is 0 Å². The number of rotatable bonds is 2. The molecule has 5 heteroatoms. The summed E-state index contributed by atoms with van der Waals surface area (Å²) in [5.41, 5.74) is 8.62. The summed E-state index contributed by atoms with van der Waals surface area (Å²) in [6.07, 6.45) is 3.36. The fourth-order valence-electron chi connectivity index (χ4n) is 2.08. The zero-order valence-electron chi connectivity index (χ0n) is 10.8. The summed E-state index contributed by atoms with van der Waals surface area (Å²) in [6.45, 7) is 1.70. The lowest BCUT2D eigenvalue weighted by molar-refractivity contribution is 0.436. The standard InChI is InChI=1S/C15H12FN3O/c1-9-7-10(4-5-12(9)16)14-13(15(17)19-20-14)11-3-2-6-18-8-11/h2-8H,1H3,(H2,17,19). The predicted molar refractivity (Wildman–Crippen MR) is 74.3 cm³/mol. The number of benzene rings is 1. The van der Waals surface area contributed by atoms with Gasteiger partial charge in [-0.3, -0.25) is 4.98 Å². The molecule has 20 heavy (non-hydrogen) atoms. The molecule has 0 saturated heterocycles. The van der Waals surface area contributed by atoms with Gasteiger partial charge in [-0.15, -0.1) is 0 Å². The first-order valence-corrected chi connectivity index (χ1v) is 6.09. The second-order valence-corrected chi connectivity index (χ2v) is 4.48. The highest BCUT2D eigenvalue weighted by Gasteiger charge is 2.18. The van der Waals surface area contributed by atoms with E-state index in [0.29, 0.717) is 16.9 Å². The zero-order chi connectivity index (χ0) is 14.1. The Morgan fingerprint density at radius 3 is 2.75 bits per heavy atom. The van der Waals surface area contributed by atoms with Crippen molar-refractivity contribution in [2.24, 2.45) is 0 Å². The summed E-state index contributed by atoms with van der Waals surface area (Å²) in [4.78, 5) is 4.06. The van der Waals surface area contributed by atoms with Crippen LogP contribution in [0.4, 0.5) is 10.2 Å². The number of hydrogen-bond donors (Lipinski definition) is 1. The Labute approximate surface area is 115 Å². The smallest absolute Gasteiger partial charge is 0.176 e. The van der Waals surface area contributed by atoms with Crippen molar-refractivity contribution in [1.29, 1.82) is 0 Å². The molecule has 0 unspecified atom stereocenters. The van der Waals surface area contributed by atoms with E-state index in [9.17, 15) is 4.39 Å². The van der Waals surface area contributed by atoms with Crippen LogP contribution in [0, 0.1) is 12.7 Å². The van der Waals surface area contributed by atoms with Gasteiger partial charge >= 0.3 is 0 Å². The normalized spacial score (nSPS) is 10.7. The first kappa shape index (κ1) is 12.3. The maximum Gasteiger partial charge on any atom is 0.176 e. The summed E-state index contributed by atoms with van der Waals surface area (Å²) in [5.74, 6) is 0.540. The van der Waals surface area contributed by atoms with Crippen molar-refractivity contribution in [1.82, 2.24) is 10.1 Å². The van der Waals surface area contributed by atoms with Crippen LogP contribution >= 0.6 is 0 Å². The minimum atomic E-state index is -0.260. The molecule has 2 aromatic heterocycles. The Hall–Kier alpha value is -2.69. The molecular formula is C15H12FN3O. The first-order valence-electron chi connectivity index (χ1n) is 6.09. The number of pyridine rings is 1. The zero-order valence-corrected chi connectivity index (χ0v) is 10.8. The molecule has 0 amide bonds. The van der Waals surface area contributed by atoms with Gasteiger partial charge in [0.1, 0.15) is 5.82 Å². The van der Waals surface area contributed by atoms with Crippen molar-refractivity contribution in [2.75, 3.05) is 5.73 Å². The SMILES string of the molecule is Cc1cc(-c2onc(N)c2-c2cccnc2)ccc1F. The van der Waals surface area contributed by atoms with Gasteiger partial charge in [0.05, 0.1) is 5.56 Å². The number of anilines is 1. The Morgan fingerprint density at radius 1 is 1.20 bits per heavy atom. The first-order chi connectivity index (χ1) is 9.66. The Morgan fingerprint density at radius 2 is 2.05 bits per heavy atom. The van der Waals surface area contributed by atoms with E-state index in [1.807, 2.05) is 12.1 Å². The van der Waals surface area contributed by atoms with Gasteiger partial charge in [0.25, 0.3) is 0 Å². The van der Waals surface area contributed by atoms with E-state index >= 15 is 0 Å². The summed E-state index contributed by atoms with van der Waals surface area (Å²) in [7, 11) is 0. The summed E-state index contributed by atoms with van der Waals surface area (Å²) in [5, 5.41) is 3.80. The number of hydrogen-bond acceptors (Lipinski definition) is 4. The topological polar surface area (TPSA) is 64.9 Å². The lowest BCUT2D eigenvalue weighted by Gasteiger charge is -2.04. The lowest BCUT2D eigenvalue weighted by Crippen LogP contribution is -1.90. The highest BCUT2D eigenvalue weighted by atomic mass is 19.1. The molecule has 0 aliphatic rings. The molecule has 2 heterocycles. The highest BCUT2D eigenvalue weighted by Crippen LogP contribution is 2.36. The third-order valence-corrected chi connectivity index (χ3v) is 3.09. The molecule has 4 nitrogen and oxygen atoms in total. The second-order valence-electron chi connectivity index (χ2n) is 4.48. The third kappa shape index (κ3) is 2.03. The van der Waals surface area contributed by atoms with Crippen molar-refractivity contribution in [3.63, 3.8) is 0 Å². The predicted octanol–water partition coefficient (Wildman–Crippen LogP) is 3.43. The molecule has 2 N–H and O–H groups in total. The number of nitrogens with two attached hydrogens (primary N) is 1. The van der Waals surface area contributed by atoms with Crippen LogP contribution in [0.2, 0.25) is 0 Å². The van der Waals surface area contributed by atoms with E-state index in [0.717, 1.165) is 11.1 Å². The fraction of sp³-hybridized carbons (Fsp3) is 0.0667. The van der Waals surface area contributed by atoms with Gasteiger partial charge in [0.2, 0.25) is 0 Å². The molecule has 0 fully saturated rings. The molecule has 1 aromatic carbocycles. The number of aryl methyl sites for hydroxylation is 1. The molecule has 0 spiro atoms. The summed E-state index contributed by atoms with van der Waals surface area (Å²) in [6, 6.07) is 8.42. The van der Waals surface area contributed by atoms with Crippen LogP contribution in [0.1, 0.15) is 5.56 Å². The average Bonchev–Trinajstić information content (AvgIpc) is 2.85. The molecule has 3 rings (SSSR count). The number of nitrogen functional groups attached to an aromatic ring is 1. The van der Waals surface area contributed by atoms with Gasteiger partial charge in [0.15, 0.2) is 11.6 Å². The molecule has 0 atom stereocenters. The molecule has 0 aliphatic carbocycles. The maximum atomic E-state index is 13.4. The van der Waals surface area contributed by atoms with Crippen molar-refractivity contribution in [3.05, 3.63) is 54.1 Å². The largest absolute Gasteiger partial charge is 0.380 e. The Balaban J connectivity index is 2.18. The van der Waals surface area contributed by atoms with E-state index in [-0.39, 0.29) is 11.6 Å². The van der Waals surface area contributed by atoms with Crippen LogP contribution in [-0.4, -0.2) is 10.1 Å². The quantitative estimate of drug-likeness (QED) is 0.774. The summed E-state index contributed by atoms with van der Waals surface area (Å²) < 4.78 is 18.7. The molecular weight excluding hydrogens is 257 g/mol. The van der Waals surface area contributed by atoms with Crippen molar-refractivity contribution < 1.29 is 8.91 Å². The minimum absolute atomic E-state index is 0.260. The van der Waals surface area contributed by atoms with E-state index in [1.54, 1.807) is 31.5 Å². The van der Waals surface area contributed by atoms with Crippen LogP contribution in [0.15, 0.2) is 47.2 Å². The van der Waals surface area contributed by atoms with Gasteiger partial charge in [-0.25, -0.2) is 4.39 Å². The van der Waals surface area contributed by atoms with Gasteiger partial charge in [-0.05, 0) is 36.8 Å². The number of aromatic nitrogens is 2. The molecule has 0 radical (unpaired) electrons. The highest BCUT2D eigenvalue weighted by molar-refractivity contribution is 5.86. The Bertz CT molecular complexity index is 753. The van der Waals surface area contributed by atoms with E-state index in [2.05, 4.69) is 10.1 Å².